The highest BCUT2D eigenvalue weighted by atomic mass is 16.6. The molecule has 2 N–H and O–H groups in total. The number of rotatable bonds is 7. The zero-order valence-electron chi connectivity index (χ0n) is 17.1. The number of hydrogen-bond acceptors (Lipinski definition) is 5. The van der Waals surface area contributed by atoms with E-state index in [2.05, 4.69) is 20.9 Å². The van der Waals surface area contributed by atoms with Crippen molar-refractivity contribution >= 4 is 12.0 Å². The Morgan fingerprint density at radius 1 is 1.18 bits per heavy atom. The summed E-state index contributed by atoms with van der Waals surface area (Å²) in [6.07, 6.45) is 1.18. The van der Waals surface area contributed by atoms with Gasteiger partial charge in [0.15, 0.2) is 0 Å². The van der Waals surface area contributed by atoms with Gasteiger partial charge in [-0.25, -0.2) is 9.48 Å². The maximum atomic E-state index is 12.5. The molecule has 8 nitrogen and oxygen atoms in total. The monoisotopic (exact) mass is 387 g/mol. The van der Waals surface area contributed by atoms with Crippen molar-refractivity contribution in [2.45, 2.75) is 59.4 Å². The van der Waals surface area contributed by atoms with Crippen molar-refractivity contribution in [3.05, 3.63) is 47.8 Å². The summed E-state index contributed by atoms with van der Waals surface area (Å²) >= 11 is 0. The van der Waals surface area contributed by atoms with Gasteiger partial charge in [0.1, 0.15) is 17.3 Å². The van der Waals surface area contributed by atoms with E-state index in [4.69, 9.17) is 4.74 Å². The lowest BCUT2D eigenvalue weighted by molar-refractivity contribution is -0.124. The van der Waals surface area contributed by atoms with Crippen LogP contribution in [0, 0.1) is 5.92 Å². The number of hydrogen-bond donors (Lipinski definition) is 2. The predicted molar refractivity (Wildman–Crippen MR) is 105 cm³/mol. The van der Waals surface area contributed by atoms with E-state index >= 15 is 0 Å². The molecule has 0 unspecified atom stereocenters. The Hall–Kier alpha value is -2.90. The molecule has 0 aliphatic rings. The van der Waals surface area contributed by atoms with Crippen molar-refractivity contribution in [2.24, 2.45) is 5.92 Å². The molecule has 1 heterocycles. The highest BCUT2D eigenvalue weighted by molar-refractivity contribution is 5.85. The van der Waals surface area contributed by atoms with Crippen LogP contribution in [0.25, 0.3) is 0 Å². The van der Waals surface area contributed by atoms with Gasteiger partial charge in [-0.3, -0.25) is 4.79 Å². The minimum absolute atomic E-state index is 0.0960. The van der Waals surface area contributed by atoms with Crippen LogP contribution in [-0.4, -0.2) is 38.6 Å². The Kier molecular flexibility index (Phi) is 7.14. The van der Waals surface area contributed by atoms with Crippen molar-refractivity contribution in [2.75, 3.05) is 0 Å². The number of nitrogens with zero attached hydrogens (tertiary/aromatic N) is 3. The first-order valence-electron chi connectivity index (χ1n) is 9.34. The second kappa shape index (κ2) is 9.34. The van der Waals surface area contributed by atoms with E-state index in [1.165, 1.54) is 0 Å². The van der Waals surface area contributed by atoms with Crippen molar-refractivity contribution in [3.8, 4) is 0 Å². The molecule has 0 saturated heterocycles. The van der Waals surface area contributed by atoms with Gasteiger partial charge in [0.25, 0.3) is 0 Å². The van der Waals surface area contributed by atoms with Crippen LogP contribution in [0.3, 0.4) is 0 Å². The van der Waals surface area contributed by atoms with Crippen LogP contribution in [0.4, 0.5) is 4.79 Å². The van der Waals surface area contributed by atoms with Crippen LogP contribution in [0.1, 0.15) is 45.9 Å². The van der Waals surface area contributed by atoms with Gasteiger partial charge < -0.3 is 15.4 Å². The van der Waals surface area contributed by atoms with Crippen molar-refractivity contribution in [1.82, 2.24) is 25.6 Å². The molecule has 0 spiro atoms. The zero-order chi connectivity index (χ0) is 20.7. The number of nitrogens with one attached hydrogen (secondary N) is 2. The molecule has 152 valence electrons. The summed E-state index contributed by atoms with van der Waals surface area (Å²) in [5.41, 5.74) is 1.13. The average molecular weight is 387 g/mol. The lowest BCUT2D eigenvalue weighted by atomic mass is 10.0. The standard InChI is InChI=1S/C20H29N5O3/c1-14(2)17(22-19(27)28-20(3,4)5)18(26)21-11-16-13-25(24-23-16)12-15-9-7-6-8-10-15/h6-10,13-14,17H,11-12H2,1-5H3,(H,21,26)(H,22,27)/t17-/m0/s1. The fourth-order valence-electron chi connectivity index (χ4n) is 2.52. The maximum absolute atomic E-state index is 12.5. The molecule has 2 amide bonds. The topological polar surface area (TPSA) is 98.1 Å². The fourth-order valence-corrected chi connectivity index (χ4v) is 2.52. The number of benzene rings is 1. The van der Waals surface area contributed by atoms with Crippen LogP contribution >= 0.6 is 0 Å². The Bertz CT molecular complexity index is 781. The molecular weight excluding hydrogens is 358 g/mol. The van der Waals surface area contributed by atoms with E-state index in [1.807, 2.05) is 44.2 Å². The Labute approximate surface area is 165 Å². The summed E-state index contributed by atoms with van der Waals surface area (Å²) in [6, 6.07) is 9.22. The van der Waals surface area contributed by atoms with Gasteiger partial charge in [-0.15, -0.1) is 5.10 Å². The number of alkyl carbamates (subject to hydrolysis) is 1. The highest BCUT2D eigenvalue weighted by Crippen LogP contribution is 2.09. The summed E-state index contributed by atoms with van der Waals surface area (Å²) in [5, 5.41) is 13.6. The average Bonchev–Trinajstić information content (AvgIpc) is 3.04. The molecule has 2 rings (SSSR count). The van der Waals surface area contributed by atoms with Gasteiger partial charge in [-0.1, -0.05) is 49.4 Å². The van der Waals surface area contributed by atoms with Gasteiger partial charge in [-0.05, 0) is 32.3 Å². The van der Waals surface area contributed by atoms with Gasteiger partial charge >= 0.3 is 6.09 Å². The molecule has 28 heavy (non-hydrogen) atoms. The van der Waals surface area contributed by atoms with E-state index in [9.17, 15) is 9.59 Å². The van der Waals surface area contributed by atoms with Gasteiger partial charge in [0.2, 0.25) is 5.91 Å². The van der Waals surface area contributed by atoms with Crippen LogP contribution < -0.4 is 10.6 Å². The molecule has 1 aromatic carbocycles. The molecule has 0 bridgehead atoms. The number of ether oxygens (including phenoxy) is 1. The molecular formula is C20H29N5O3. The first-order chi connectivity index (χ1) is 13.1. The fraction of sp³-hybridized carbons (Fsp3) is 0.500. The third-order valence-electron chi connectivity index (χ3n) is 3.84. The smallest absolute Gasteiger partial charge is 0.408 e. The van der Waals surface area contributed by atoms with E-state index in [0.717, 1.165) is 5.56 Å². The summed E-state index contributed by atoms with van der Waals surface area (Å²) < 4.78 is 6.95. The molecule has 0 aliphatic heterocycles. The first-order valence-corrected chi connectivity index (χ1v) is 9.34. The third kappa shape index (κ3) is 7.02. The number of carbonyl (C=O) groups excluding carboxylic acids is 2. The van der Waals surface area contributed by atoms with Crippen LogP contribution in [0.2, 0.25) is 0 Å². The Morgan fingerprint density at radius 3 is 2.46 bits per heavy atom. The minimum atomic E-state index is -0.700. The zero-order valence-corrected chi connectivity index (χ0v) is 17.1. The minimum Gasteiger partial charge on any atom is -0.444 e. The Morgan fingerprint density at radius 2 is 1.86 bits per heavy atom. The van der Waals surface area contributed by atoms with Gasteiger partial charge in [-0.2, -0.15) is 0 Å². The maximum Gasteiger partial charge on any atom is 0.408 e. The van der Waals surface area contributed by atoms with Crippen LogP contribution in [0.15, 0.2) is 36.5 Å². The summed E-state index contributed by atoms with van der Waals surface area (Å²) in [7, 11) is 0. The van der Waals surface area contributed by atoms with Crippen molar-refractivity contribution in [1.29, 1.82) is 0 Å². The predicted octanol–water partition coefficient (Wildman–Crippen LogP) is 2.49. The molecule has 1 aromatic heterocycles. The van der Waals surface area contributed by atoms with Crippen LogP contribution in [-0.2, 0) is 22.6 Å². The lowest BCUT2D eigenvalue weighted by Crippen LogP contribution is -2.50. The largest absolute Gasteiger partial charge is 0.444 e. The highest BCUT2D eigenvalue weighted by Gasteiger charge is 2.26. The lowest BCUT2D eigenvalue weighted by Gasteiger charge is -2.25. The van der Waals surface area contributed by atoms with E-state index in [1.54, 1.807) is 31.6 Å². The summed E-state index contributed by atoms with van der Waals surface area (Å²) in [4.78, 5) is 24.5. The van der Waals surface area contributed by atoms with E-state index in [0.29, 0.717) is 12.2 Å². The van der Waals surface area contributed by atoms with Crippen molar-refractivity contribution in [3.63, 3.8) is 0 Å². The van der Waals surface area contributed by atoms with E-state index < -0.39 is 17.7 Å². The number of aromatic nitrogens is 3. The third-order valence-corrected chi connectivity index (χ3v) is 3.84. The van der Waals surface area contributed by atoms with Gasteiger partial charge in [0.05, 0.1) is 19.3 Å². The Balaban J connectivity index is 1.89. The summed E-state index contributed by atoms with van der Waals surface area (Å²) in [6.45, 7) is 9.88. The molecule has 0 saturated carbocycles. The molecule has 0 aliphatic carbocycles. The second-order valence-corrected chi connectivity index (χ2v) is 7.98. The van der Waals surface area contributed by atoms with Gasteiger partial charge in [0, 0.05) is 0 Å². The summed E-state index contributed by atoms with van der Waals surface area (Å²) in [5.74, 6) is -0.389. The van der Waals surface area contributed by atoms with Crippen LogP contribution in [0.5, 0.6) is 0 Å². The quantitative estimate of drug-likeness (QED) is 0.761. The van der Waals surface area contributed by atoms with E-state index in [-0.39, 0.29) is 18.4 Å². The molecule has 8 heteroatoms. The van der Waals surface area contributed by atoms with Crippen molar-refractivity contribution < 1.29 is 14.3 Å². The molecule has 1 atom stereocenters. The SMILES string of the molecule is CC(C)[C@H](NC(=O)OC(C)(C)C)C(=O)NCc1cn(Cc2ccccc2)nn1. The first kappa shape index (κ1) is 21.4. The molecule has 2 aromatic rings. The second-order valence-electron chi connectivity index (χ2n) is 7.98. The normalized spacial score (nSPS) is 12.5. The number of amides is 2. The number of carbonyl (C=O) groups is 2. The molecule has 0 radical (unpaired) electrons. The molecule has 0 fully saturated rings.